The van der Waals surface area contributed by atoms with Crippen LogP contribution in [-0.4, -0.2) is 31.7 Å². The predicted molar refractivity (Wildman–Crippen MR) is 94.9 cm³/mol. The molecule has 2 aromatic heterocycles. The first-order valence-electron chi connectivity index (χ1n) is 8.02. The van der Waals surface area contributed by atoms with Gasteiger partial charge in [-0.2, -0.15) is 5.10 Å². The molecule has 0 radical (unpaired) electrons. The second kappa shape index (κ2) is 6.43. The van der Waals surface area contributed by atoms with Crippen LogP contribution in [0.5, 0.6) is 0 Å². The summed E-state index contributed by atoms with van der Waals surface area (Å²) in [5.74, 6) is -1.11. The van der Waals surface area contributed by atoms with Gasteiger partial charge in [0, 0.05) is 34.9 Å². The third-order valence-corrected chi connectivity index (χ3v) is 4.14. The summed E-state index contributed by atoms with van der Waals surface area (Å²) in [4.78, 5) is 26.3. The van der Waals surface area contributed by atoms with Crippen molar-refractivity contribution in [1.29, 1.82) is 0 Å². The Morgan fingerprint density at radius 3 is 2.72 bits per heavy atom. The molecule has 7 nitrogen and oxygen atoms in total. The Morgan fingerprint density at radius 1 is 1.32 bits per heavy atom. The monoisotopic (exact) mass is 340 g/mol. The number of hydrogen-bond donors (Lipinski definition) is 3. The highest BCUT2D eigenvalue weighted by atomic mass is 16.4. The average molecular weight is 340 g/mol. The maximum atomic E-state index is 12.3. The minimum Gasteiger partial charge on any atom is -0.478 e. The van der Waals surface area contributed by atoms with Crippen molar-refractivity contribution in [2.45, 2.75) is 33.2 Å². The highest BCUT2D eigenvalue weighted by Gasteiger charge is 2.15. The Bertz CT molecular complexity index is 955. The maximum absolute atomic E-state index is 12.3. The Labute approximate surface area is 144 Å². The summed E-state index contributed by atoms with van der Waals surface area (Å²) in [5, 5.41) is 17.0. The van der Waals surface area contributed by atoms with Crippen LogP contribution < -0.4 is 5.32 Å². The molecule has 3 N–H and O–H groups in total. The van der Waals surface area contributed by atoms with E-state index < -0.39 is 5.97 Å². The number of anilines is 1. The normalized spacial score (nSPS) is 12.3. The standard InChI is InChI=1S/C18H20N4O3/c1-10-6-11(2)22(21-10)12(3)7-17(23)20-13-4-5-14-15(18(24)25)9-19-16(14)8-13/h4-6,8-9,12,19H,7H2,1-3H3,(H,20,23)(H,24,25). The van der Waals surface area contributed by atoms with Gasteiger partial charge in [-0.05, 0) is 45.0 Å². The number of fused-ring (bicyclic) bond motifs is 1. The van der Waals surface area contributed by atoms with Crippen LogP contribution >= 0.6 is 0 Å². The van der Waals surface area contributed by atoms with E-state index in [1.807, 2.05) is 31.5 Å². The minimum atomic E-state index is -0.984. The van der Waals surface area contributed by atoms with Crippen LogP contribution in [0.4, 0.5) is 5.69 Å². The fourth-order valence-corrected chi connectivity index (χ4v) is 3.04. The molecule has 2 heterocycles. The first-order valence-corrected chi connectivity index (χ1v) is 8.02. The van der Waals surface area contributed by atoms with E-state index in [1.165, 1.54) is 6.20 Å². The van der Waals surface area contributed by atoms with Crippen molar-refractivity contribution in [3.8, 4) is 0 Å². The number of aryl methyl sites for hydroxylation is 2. The third kappa shape index (κ3) is 3.40. The van der Waals surface area contributed by atoms with E-state index in [4.69, 9.17) is 5.11 Å². The first kappa shape index (κ1) is 16.8. The van der Waals surface area contributed by atoms with Crippen LogP contribution in [0.15, 0.2) is 30.5 Å². The van der Waals surface area contributed by atoms with E-state index in [1.54, 1.807) is 18.2 Å². The number of rotatable bonds is 5. The summed E-state index contributed by atoms with van der Waals surface area (Å²) in [6, 6.07) is 7.05. The van der Waals surface area contributed by atoms with Gasteiger partial charge in [-0.3, -0.25) is 9.48 Å². The lowest BCUT2D eigenvalue weighted by Crippen LogP contribution is -2.19. The van der Waals surface area contributed by atoms with Crippen molar-refractivity contribution in [3.63, 3.8) is 0 Å². The van der Waals surface area contributed by atoms with Crippen molar-refractivity contribution >= 4 is 28.5 Å². The number of carboxylic acid groups (broad SMARTS) is 1. The molecule has 0 aliphatic heterocycles. The van der Waals surface area contributed by atoms with E-state index in [0.29, 0.717) is 23.0 Å². The molecular weight excluding hydrogens is 320 g/mol. The number of H-pyrrole nitrogens is 1. The number of carbonyl (C=O) groups excluding carboxylic acids is 1. The summed E-state index contributed by atoms with van der Waals surface area (Å²) in [5.41, 5.74) is 3.45. The largest absolute Gasteiger partial charge is 0.478 e. The number of amides is 1. The van der Waals surface area contributed by atoms with Crippen LogP contribution in [0.25, 0.3) is 10.9 Å². The number of hydrogen-bond acceptors (Lipinski definition) is 3. The van der Waals surface area contributed by atoms with Gasteiger partial charge in [0.2, 0.25) is 5.91 Å². The fraction of sp³-hybridized carbons (Fsp3) is 0.278. The lowest BCUT2D eigenvalue weighted by molar-refractivity contribution is -0.116. The van der Waals surface area contributed by atoms with Gasteiger partial charge in [-0.25, -0.2) is 4.79 Å². The van der Waals surface area contributed by atoms with Gasteiger partial charge in [0.25, 0.3) is 0 Å². The molecule has 3 aromatic rings. The van der Waals surface area contributed by atoms with Gasteiger partial charge in [-0.15, -0.1) is 0 Å². The molecule has 1 atom stereocenters. The van der Waals surface area contributed by atoms with Crippen LogP contribution in [-0.2, 0) is 4.79 Å². The van der Waals surface area contributed by atoms with Crippen molar-refractivity contribution in [1.82, 2.24) is 14.8 Å². The maximum Gasteiger partial charge on any atom is 0.337 e. The molecule has 0 spiro atoms. The zero-order valence-electron chi connectivity index (χ0n) is 14.3. The topological polar surface area (TPSA) is 100 Å². The van der Waals surface area contributed by atoms with E-state index >= 15 is 0 Å². The molecule has 7 heteroatoms. The second-order valence-electron chi connectivity index (χ2n) is 6.24. The second-order valence-corrected chi connectivity index (χ2v) is 6.24. The number of aromatic amines is 1. The molecule has 0 aliphatic rings. The number of carbonyl (C=O) groups is 2. The molecule has 0 saturated carbocycles. The fourth-order valence-electron chi connectivity index (χ4n) is 3.04. The number of aromatic nitrogens is 3. The predicted octanol–water partition coefficient (Wildman–Crippen LogP) is 3.27. The molecule has 0 fully saturated rings. The Balaban J connectivity index is 1.71. The molecule has 0 saturated heterocycles. The lowest BCUT2D eigenvalue weighted by Gasteiger charge is -2.14. The highest BCUT2D eigenvalue weighted by molar-refractivity contribution is 6.04. The number of nitrogens with one attached hydrogen (secondary N) is 2. The molecular formula is C18H20N4O3. The molecule has 1 unspecified atom stereocenters. The molecule has 25 heavy (non-hydrogen) atoms. The summed E-state index contributed by atoms with van der Waals surface area (Å²) in [6.07, 6.45) is 1.74. The molecule has 1 aromatic carbocycles. The summed E-state index contributed by atoms with van der Waals surface area (Å²) in [6.45, 7) is 5.84. The van der Waals surface area contributed by atoms with Gasteiger partial charge in [0.05, 0.1) is 17.3 Å². The SMILES string of the molecule is Cc1cc(C)n(C(C)CC(=O)Nc2ccc3c(C(=O)O)c[nH]c3c2)n1. The molecule has 1 amide bonds. The third-order valence-electron chi connectivity index (χ3n) is 4.14. The number of aromatic carboxylic acids is 1. The first-order chi connectivity index (χ1) is 11.8. The lowest BCUT2D eigenvalue weighted by atomic mass is 10.1. The summed E-state index contributed by atoms with van der Waals surface area (Å²) >= 11 is 0. The quantitative estimate of drug-likeness (QED) is 0.663. The summed E-state index contributed by atoms with van der Waals surface area (Å²) < 4.78 is 1.85. The van der Waals surface area contributed by atoms with E-state index in [0.717, 1.165) is 11.4 Å². The summed E-state index contributed by atoms with van der Waals surface area (Å²) in [7, 11) is 0. The van der Waals surface area contributed by atoms with Crippen molar-refractivity contribution < 1.29 is 14.7 Å². The average Bonchev–Trinajstić information content (AvgIpc) is 3.09. The van der Waals surface area contributed by atoms with E-state index in [2.05, 4.69) is 15.4 Å². The van der Waals surface area contributed by atoms with Gasteiger partial charge in [0.15, 0.2) is 0 Å². The Kier molecular flexibility index (Phi) is 4.31. The van der Waals surface area contributed by atoms with Gasteiger partial charge in [0.1, 0.15) is 0 Å². The molecule has 130 valence electrons. The zero-order chi connectivity index (χ0) is 18.1. The zero-order valence-corrected chi connectivity index (χ0v) is 14.3. The van der Waals surface area contributed by atoms with E-state index in [9.17, 15) is 9.59 Å². The number of carboxylic acids is 1. The number of nitrogens with zero attached hydrogens (tertiary/aromatic N) is 2. The van der Waals surface area contributed by atoms with Gasteiger partial charge < -0.3 is 15.4 Å². The highest BCUT2D eigenvalue weighted by Crippen LogP contribution is 2.23. The van der Waals surface area contributed by atoms with Crippen molar-refractivity contribution in [2.75, 3.05) is 5.32 Å². The van der Waals surface area contributed by atoms with Gasteiger partial charge >= 0.3 is 5.97 Å². The van der Waals surface area contributed by atoms with Crippen LogP contribution in [0, 0.1) is 13.8 Å². The van der Waals surface area contributed by atoms with E-state index in [-0.39, 0.29) is 17.5 Å². The van der Waals surface area contributed by atoms with Crippen LogP contribution in [0.1, 0.15) is 41.1 Å². The molecule has 0 aliphatic carbocycles. The van der Waals surface area contributed by atoms with Crippen molar-refractivity contribution in [3.05, 3.63) is 47.4 Å². The van der Waals surface area contributed by atoms with Crippen LogP contribution in [0.3, 0.4) is 0 Å². The van der Waals surface area contributed by atoms with Crippen LogP contribution in [0.2, 0.25) is 0 Å². The smallest absolute Gasteiger partial charge is 0.337 e. The Morgan fingerprint density at radius 2 is 2.08 bits per heavy atom. The van der Waals surface area contributed by atoms with Gasteiger partial charge in [-0.1, -0.05) is 0 Å². The molecule has 3 rings (SSSR count). The Hall–Kier alpha value is -3.09. The number of benzene rings is 1. The van der Waals surface area contributed by atoms with Crippen molar-refractivity contribution in [2.24, 2.45) is 0 Å². The minimum absolute atomic E-state index is 0.0541. The molecule has 0 bridgehead atoms.